The predicted molar refractivity (Wildman–Crippen MR) is 83.0 cm³/mol. The molecule has 0 atom stereocenters. The standard InChI is InChI=1S/C15H22ClN3O/c1-19-8-5-11(6-9-19)4-7-18-15(20)13-10-12(16)2-3-14(13)17/h2-3,10-11H,4-9,17H2,1H3,(H,18,20). The van der Waals surface area contributed by atoms with E-state index in [0.29, 0.717) is 28.7 Å². The Morgan fingerprint density at radius 3 is 2.85 bits per heavy atom. The molecule has 0 saturated carbocycles. The second-order valence-corrected chi connectivity index (χ2v) is 5.96. The fourth-order valence-electron chi connectivity index (χ4n) is 2.56. The van der Waals surface area contributed by atoms with Gasteiger partial charge in [-0.25, -0.2) is 0 Å². The second-order valence-electron chi connectivity index (χ2n) is 5.52. The Hall–Kier alpha value is -1.26. The molecule has 1 heterocycles. The molecule has 4 nitrogen and oxygen atoms in total. The fourth-order valence-corrected chi connectivity index (χ4v) is 2.73. The molecule has 1 aromatic rings. The van der Waals surface area contributed by atoms with Crippen LogP contribution in [0, 0.1) is 5.92 Å². The van der Waals surface area contributed by atoms with Crippen molar-refractivity contribution in [3.8, 4) is 0 Å². The van der Waals surface area contributed by atoms with Crippen molar-refractivity contribution in [3.05, 3.63) is 28.8 Å². The third-order valence-corrected chi connectivity index (χ3v) is 4.17. The summed E-state index contributed by atoms with van der Waals surface area (Å²) in [6.07, 6.45) is 3.46. The maximum atomic E-state index is 12.1. The zero-order chi connectivity index (χ0) is 14.5. The molecule has 1 amide bonds. The van der Waals surface area contributed by atoms with E-state index in [0.717, 1.165) is 19.5 Å². The van der Waals surface area contributed by atoms with E-state index in [2.05, 4.69) is 17.3 Å². The molecular formula is C15H22ClN3O. The summed E-state index contributed by atoms with van der Waals surface area (Å²) >= 11 is 5.89. The SMILES string of the molecule is CN1CCC(CCNC(=O)c2cc(Cl)ccc2N)CC1. The number of halogens is 1. The molecule has 0 bridgehead atoms. The summed E-state index contributed by atoms with van der Waals surface area (Å²) in [4.78, 5) is 14.4. The van der Waals surface area contributed by atoms with Crippen molar-refractivity contribution in [1.29, 1.82) is 0 Å². The summed E-state index contributed by atoms with van der Waals surface area (Å²) in [5, 5.41) is 3.46. The number of nitrogens with one attached hydrogen (secondary N) is 1. The van der Waals surface area contributed by atoms with Gasteiger partial charge in [0.2, 0.25) is 0 Å². The van der Waals surface area contributed by atoms with Crippen LogP contribution >= 0.6 is 11.6 Å². The molecule has 1 fully saturated rings. The Kier molecular flexibility index (Phi) is 5.26. The highest BCUT2D eigenvalue weighted by molar-refractivity contribution is 6.31. The molecule has 1 aliphatic rings. The van der Waals surface area contributed by atoms with Crippen LogP contribution in [0.1, 0.15) is 29.6 Å². The van der Waals surface area contributed by atoms with E-state index in [-0.39, 0.29) is 5.91 Å². The van der Waals surface area contributed by atoms with Crippen LogP contribution in [-0.4, -0.2) is 37.5 Å². The Morgan fingerprint density at radius 2 is 2.15 bits per heavy atom. The number of benzene rings is 1. The van der Waals surface area contributed by atoms with Crippen LogP contribution in [0.15, 0.2) is 18.2 Å². The first-order valence-electron chi connectivity index (χ1n) is 7.08. The highest BCUT2D eigenvalue weighted by Crippen LogP contribution is 2.20. The van der Waals surface area contributed by atoms with Gasteiger partial charge in [0.05, 0.1) is 5.56 Å². The topological polar surface area (TPSA) is 58.4 Å². The lowest BCUT2D eigenvalue weighted by atomic mass is 9.94. The van der Waals surface area contributed by atoms with Gasteiger partial charge in [0.1, 0.15) is 0 Å². The van der Waals surface area contributed by atoms with Crippen molar-refractivity contribution in [2.45, 2.75) is 19.3 Å². The van der Waals surface area contributed by atoms with E-state index in [1.807, 2.05) is 0 Å². The number of carbonyl (C=O) groups excluding carboxylic acids is 1. The van der Waals surface area contributed by atoms with Crippen molar-refractivity contribution in [2.24, 2.45) is 5.92 Å². The minimum Gasteiger partial charge on any atom is -0.398 e. The lowest BCUT2D eigenvalue weighted by Crippen LogP contribution is -2.32. The summed E-state index contributed by atoms with van der Waals surface area (Å²) in [6.45, 7) is 3.00. The molecule has 0 aromatic heterocycles. The van der Waals surface area contributed by atoms with Gasteiger partial charge in [-0.1, -0.05) is 11.6 Å². The van der Waals surface area contributed by atoms with Crippen LogP contribution in [-0.2, 0) is 0 Å². The van der Waals surface area contributed by atoms with Crippen LogP contribution in [0.2, 0.25) is 5.02 Å². The third-order valence-electron chi connectivity index (χ3n) is 3.94. The van der Waals surface area contributed by atoms with E-state index < -0.39 is 0 Å². The van der Waals surface area contributed by atoms with Gasteiger partial charge in [-0.3, -0.25) is 4.79 Å². The first-order chi connectivity index (χ1) is 9.56. The number of hydrogen-bond acceptors (Lipinski definition) is 3. The number of nitrogens with two attached hydrogens (primary N) is 1. The molecule has 0 radical (unpaired) electrons. The number of likely N-dealkylation sites (tertiary alicyclic amines) is 1. The van der Waals surface area contributed by atoms with Crippen LogP contribution in [0.25, 0.3) is 0 Å². The average molecular weight is 296 g/mol. The van der Waals surface area contributed by atoms with Crippen molar-refractivity contribution < 1.29 is 4.79 Å². The first kappa shape index (κ1) is 15.1. The van der Waals surface area contributed by atoms with E-state index in [9.17, 15) is 4.79 Å². The lowest BCUT2D eigenvalue weighted by Gasteiger charge is -2.28. The van der Waals surface area contributed by atoms with Crippen molar-refractivity contribution >= 4 is 23.2 Å². The molecule has 20 heavy (non-hydrogen) atoms. The summed E-state index contributed by atoms with van der Waals surface area (Å²) in [5.41, 5.74) is 6.72. The highest BCUT2D eigenvalue weighted by Gasteiger charge is 2.17. The quantitative estimate of drug-likeness (QED) is 0.839. The van der Waals surface area contributed by atoms with Gasteiger partial charge in [0.15, 0.2) is 0 Å². The molecule has 1 aromatic carbocycles. The Bertz CT molecular complexity index is 470. The normalized spacial score (nSPS) is 17.1. The number of nitrogens with zero attached hydrogens (tertiary/aromatic N) is 1. The molecule has 110 valence electrons. The number of rotatable bonds is 4. The average Bonchev–Trinajstić information content (AvgIpc) is 2.43. The van der Waals surface area contributed by atoms with E-state index in [1.165, 1.54) is 12.8 Å². The smallest absolute Gasteiger partial charge is 0.253 e. The zero-order valence-corrected chi connectivity index (χ0v) is 12.6. The third kappa shape index (κ3) is 4.12. The van der Waals surface area contributed by atoms with Crippen LogP contribution in [0.4, 0.5) is 5.69 Å². The van der Waals surface area contributed by atoms with Gasteiger partial charge >= 0.3 is 0 Å². The Labute approximate surface area is 125 Å². The van der Waals surface area contributed by atoms with Crippen LogP contribution < -0.4 is 11.1 Å². The maximum Gasteiger partial charge on any atom is 0.253 e. The van der Waals surface area contributed by atoms with Gasteiger partial charge < -0.3 is 16.0 Å². The first-order valence-corrected chi connectivity index (χ1v) is 7.46. The molecule has 3 N–H and O–H groups in total. The minimum atomic E-state index is -0.141. The van der Waals surface area contributed by atoms with Crippen molar-refractivity contribution in [3.63, 3.8) is 0 Å². The summed E-state index contributed by atoms with van der Waals surface area (Å²) < 4.78 is 0. The molecule has 0 aliphatic carbocycles. The second kappa shape index (κ2) is 6.95. The van der Waals surface area contributed by atoms with Crippen LogP contribution in [0.5, 0.6) is 0 Å². The van der Waals surface area contributed by atoms with Gasteiger partial charge in [0.25, 0.3) is 5.91 Å². The van der Waals surface area contributed by atoms with Gasteiger partial charge in [-0.05, 0) is 63.5 Å². The summed E-state index contributed by atoms with van der Waals surface area (Å²) in [5.74, 6) is 0.570. The van der Waals surface area contributed by atoms with Gasteiger partial charge in [0, 0.05) is 17.3 Å². The lowest BCUT2D eigenvalue weighted by molar-refractivity contribution is 0.0950. The Balaban J connectivity index is 1.79. The molecule has 1 aliphatic heterocycles. The Morgan fingerprint density at radius 1 is 1.45 bits per heavy atom. The minimum absolute atomic E-state index is 0.141. The summed E-state index contributed by atoms with van der Waals surface area (Å²) in [7, 11) is 2.15. The number of hydrogen-bond donors (Lipinski definition) is 2. The largest absolute Gasteiger partial charge is 0.398 e. The predicted octanol–water partition coefficient (Wildman–Crippen LogP) is 2.38. The number of amides is 1. The van der Waals surface area contributed by atoms with Gasteiger partial charge in [-0.2, -0.15) is 0 Å². The summed E-state index contributed by atoms with van der Waals surface area (Å²) in [6, 6.07) is 4.96. The molecule has 5 heteroatoms. The number of anilines is 1. The molecular weight excluding hydrogens is 274 g/mol. The number of nitrogen functional groups attached to an aromatic ring is 1. The van der Waals surface area contributed by atoms with Crippen LogP contribution in [0.3, 0.4) is 0 Å². The van der Waals surface area contributed by atoms with Crippen molar-refractivity contribution in [1.82, 2.24) is 10.2 Å². The van der Waals surface area contributed by atoms with Gasteiger partial charge in [-0.15, -0.1) is 0 Å². The fraction of sp³-hybridized carbons (Fsp3) is 0.533. The molecule has 0 spiro atoms. The van der Waals surface area contributed by atoms with E-state index in [4.69, 9.17) is 17.3 Å². The highest BCUT2D eigenvalue weighted by atomic mass is 35.5. The van der Waals surface area contributed by atoms with Crippen molar-refractivity contribution in [2.75, 3.05) is 32.4 Å². The molecule has 1 saturated heterocycles. The number of carbonyl (C=O) groups is 1. The van der Waals surface area contributed by atoms with E-state index in [1.54, 1.807) is 18.2 Å². The maximum absolute atomic E-state index is 12.1. The number of piperidine rings is 1. The van der Waals surface area contributed by atoms with E-state index >= 15 is 0 Å². The monoisotopic (exact) mass is 295 g/mol. The molecule has 2 rings (SSSR count). The zero-order valence-electron chi connectivity index (χ0n) is 11.9. The molecule has 0 unspecified atom stereocenters.